The molecule has 5 heteroatoms. The number of unbranched alkanes of at least 4 members (excludes halogenated alkanes) is 1. The summed E-state index contributed by atoms with van der Waals surface area (Å²) in [5.41, 5.74) is 1.34. The van der Waals surface area contributed by atoms with Crippen LogP contribution in [0.1, 0.15) is 46.5 Å². The summed E-state index contributed by atoms with van der Waals surface area (Å²) in [5.74, 6) is 0.709. The first-order chi connectivity index (χ1) is 10.1. The maximum Gasteiger partial charge on any atom is 0.315 e. The van der Waals surface area contributed by atoms with Crippen molar-refractivity contribution in [1.82, 2.24) is 0 Å². The van der Waals surface area contributed by atoms with Crippen LogP contribution in [0.5, 0.6) is 0 Å². The molecule has 0 amide bonds. The summed E-state index contributed by atoms with van der Waals surface area (Å²) in [5, 5.41) is 17.6. The highest BCUT2D eigenvalue weighted by atomic mass is 16.6. The van der Waals surface area contributed by atoms with E-state index in [9.17, 15) is 10.1 Å². The van der Waals surface area contributed by atoms with Gasteiger partial charge in [0.25, 0.3) is 0 Å². The summed E-state index contributed by atoms with van der Waals surface area (Å²) in [6.07, 6.45) is 4.31. The van der Waals surface area contributed by atoms with Crippen LogP contribution >= 0.6 is 0 Å². The zero-order chi connectivity index (χ0) is 15.7. The minimum Gasteiger partial charge on any atom is -0.379 e. The van der Waals surface area contributed by atoms with Crippen LogP contribution in [0.4, 0.5) is 17.1 Å². The van der Waals surface area contributed by atoms with Gasteiger partial charge in [0.05, 0.1) is 4.92 Å². The quantitative estimate of drug-likeness (QED) is 0.374. The molecule has 0 aromatic heterocycles. The molecule has 0 aliphatic carbocycles. The molecular weight excluding hydrogens is 266 g/mol. The van der Waals surface area contributed by atoms with Crippen molar-refractivity contribution in [3.8, 4) is 0 Å². The molecule has 2 N–H and O–H groups in total. The third kappa shape index (κ3) is 6.02. The lowest BCUT2D eigenvalue weighted by atomic mass is 10.1. The Labute approximate surface area is 127 Å². The highest BCUT2D eigenvalue weighted by Crippen LogP contribution is 2.32. The predicted molar refractivity (Wildman–Crippen MR) is 89.1 cm³/mol. The Balaban J connectivity index is 2.65. The molecule has 1 rings (SSSR count). The van der Waals surface area contributed by atoms with E-state index in [4.69, 9.17) is 0 Å². The molecule has 0 aliphatic heterocycles. The van der Waals surface area contributed by atoms with Gasteiger partial charge in [-0.1, -0.05) is 39.7 Å². The number of anilines is 2. The van der Waals surface area contributed by atoms with Gasteiger partial charge in [0.15, 0.2) is 0 Å². The van der Waals surface area contributed by atoms with Crippen molar-refractivity contribution >= 4 is 17.1 Å². The third-order valence-electron chi connectivity index (χ3n) is 3.31. The van der Waals surface area contributed by atoms with Crippen molar-refractivity contribution in [2.45, 2.75) is 46.5 Å². The van der Waals surface area contributed by atoms with Crippen molar-refractivity contribution in [1.29, 1.82) is 0 Å². The number of hydrogen-bond acceptors (Lipinski definition) is 4. The molecule has 118 valence electrons. The summed E-state index contributed by atoms with van der Waals surface area (Å²) in [7, 11) is 0. The standard InChI is InChI=1S/C16H27N3O2/c1-4-11-17-14-9-7-10-15(16(14)19(20)21)18-12-6-5-8-13(2)3/h7,9-10,13,17-18H,4-6,8,11-12H2,1-3H3. The van der Waals surface area contributed by atoms with E-state index in [0.29, 0.717) is 17.3 Å². The zero-order valence-corrected chi connectivity index (χ0v) is 13.3. The van der Waals surface area contributed by atoms with Crippen LogP contribution in [-0.4, -0.2) is 18.0 Å². The number of benzene rings is 1. The summed E-state index contributed by atoms with van der Waals surface area (Å²) >= 11 is 0. The first-order valence-corrected chi connectivity index (χ1v) is 7.81. The van der Waals surface area contributed by atoms with E-state index in [1.165, 1.54) is 6.42 Å². The van der Waals surface area contributed by atoms with E-state index in [2.05, 4.69) is 24.5 Å². The van der Waals surface area contributed by atoms with E-state index in [-0.39, 0.29) is 10.6 Å². The van der Waals surface area contributed by atoms with Crippen LogP contribution < -0.4 is 10.6 Å². The van der Waals surface area contributed by atoms with Crippen molar-refractivity contribution in [3.63, 3.8) is 0 Å². The van der Waals surface area contributed by atoms with E-state index in [1.807, 2.05) is 13.0 Å². The Kier molecular flexibility index (Phi) is 7.58. The maximum absolute atomic E-state index is 11.3. The van der Waals surface area contributed by atoms with Crippen molar-refractivity contribution < 1.29 is 4.92 Å². The largest absolute Gasteiger partial charge is 0.379 e. The number of para-hydroxylation sites is 1. The summed E-state index contributed by atoms with van der Waals surface area (Å²) in [6, 6.07) is 5.39. The Morgan fingerprint density at radius 2 is 1.76 bits per heavy atom. The molecule has 21 heavy (non-hydrogen) atoms. The molecule has 0 unspecified atom stereocenters. The van der Waals surface area contributed by atoms with E-state index >= 15 is 0 Å². The summed E-state index contributed by atoms with van der Waals surface area (Å²) < 4.78 is 0. The Morgan fingerprint density at radius 1 is 1.14 bits per heavy atom. The highest BCUT2D eigenvalue weighted by Gasteiger charge is 2.18. The second-order valence-electron chi connectivity index (χ2n) is 5.70. The number of nitrogens with one attached hydrogen (secondary N) is 2. The zero-order valence-electron chi connectivity index (χ0n) is 13.3. The van der Waals surface area contributed by atoms with Gasteiger partial charge in [-0.05, 0) is 30.9 Å². The average Bonchev–Trinajstić information content (AvgIpc) is 2.44. The molecule has 0 saturated heterocycles. The predicted octanol–water partition coefficient (Wildman–Crippen LogP) is 4.65. The average molecular weight is 293 g/mol. The molecule has 0 atom stereocenters. The van der Waals surface area contributed by atoms with Gasteiger partial charge in [0.2, 0.25) is 0 Å². The highest BCUT2D eigenvalue weighted by molar-refractivity contribution is 5.76. The first-order valence-electron chi connectivity index (χ1n) is 7.81. The molecule has 0 fully saturated rings. The van der Waals surface area contributed by atoms with Crippen LogP contribution in [0.2, 0.25) is 0 Å². The SMILES string of the molecule is CCCNc1cccc(NCCCCC(C)C)c1[N+](=O)[O-]. The second-order valence-corrected chi connectivity index (χ2v) is 5.70. The van der Waals surface area contributed by atoms with E-state index in [1.54, 1.807) is 12.1 Å². The molecule has 5 nitrogen and oxygen atoms in total. The van der Waals surface area contributed by atoms with Gasteiger partial charge in [0, 0.05) is 13.1 Å². The topological polar surface area (TPSA) is 67.2 Å². The summed E-state index contributed by atoms with van der Waals surface area (Å²) in [6.45, 7) is 7.96. The Hall–Kier alpha value is -1.78. The first kappa shape index (κ1) is 17.3. The normalized spacial score (nSPS) is 10.7. The van der Waals surface area contributed by atoms with Crippen molar-refractivity contribution in [2.75, 3.05) is 23.7 Å². The minimum atomic E-state index is -0.311. The fourth-order valence-corrected chi connectivity index (χ4v) is 2.19. The number of nitro groups is 1. The number of rotatable bonds is 10. The molecular formula is C16H27N3O2. The number of nitro benzene ring substituents is 1. The molecule has 0 bridgehead atoms. The maximum atomic E-state index is 11.3. The monoisotopic (exact) mass is 293 g/mol. The number of nitrogens with zero attached hydrogens (tertiary/aromatic N) is 1. The minimum absolute atomic E-state index is 0.148. The van der Waals surface area contributed by atoms with Crippen LogP contribution in [0, 0.1) is 16.0 Å². The fraction of sp³-hybridized carbons (Fsp3) is 0.625. The van der Waals surface area contributed by atoms with E-state index < -0.39 is 0 Å². The smallest absolute Gasteiger partial charge is 0.315 e. The summed E-state index contributed by atoms with van der Waals surface area (Å²) in [4.78, 5) is 11.0. The van der Waals surface area contributed by atoms with Crippen molar-refractivity contribution in [3.05, 3.63) is 28.3 Å². The van der Waals surface area contributed by atoms with Crippen LogP contribution in [0.3, 0.4) is 0 Å². The molecule has 0 radical (unpaired) electrons. The second kappa shape index (κ2) is 9.21. The molecule has 0 aliphatic rings. The van der Waals surface area contributed by atoms with Crippen molar-refractivity contribution in [2.24, 2.45) is 5.92 Å². The molecule has 1 aromatic carbocycles. The van der Waals surface area contributed by atoms with Gasteiger partial charge < -0.3 is 10.6 Å². The Bertz CT molecular complexity index is 447. The van der Waals surface area contributed by atoms with Gasteiger partial charge in [0.1, 0.15) is 11.4 Å². The Morgan fingerprint density at radius 3 is 2.29 bits per heavy atom. The van der Waals surface area contributed by atoms with E-state index in [0.717, 1.165) is 32.4 Å². The molecule has 0 saturated carbocycles. The lowest BCUT2D eigenvalue weighted by Gasteiger charge is -2.11. The van der Waals surface area contributed by atoms with Gasteiger partial charge >= 0.3 is 5.69 Å². The fourth-order valence-electron chi connectivity index (χ4n) is 2.19. The van der Waals surface area contributed by atoms with Gasteiger partial charge in [-0.2, -0.15) is 0 Å². The van der Waals surface area contributed by atoms with Crippen LogP contribution in [0.15, 0.2) is 18.2 Å². The van der Waals surface area contributed by atoms with Gasteiger partial charge in [-0.3, -0.25) is 10.1 Å². The van der Waals surface area contributed by atoms with Gasteiger partial charge in [-0.15, -0.1) is 0 Å². The van der Waals surface area contributed by atoms with Crippen LogP contribution in [0.25, 0.3) is 0 Å². The third-order valence-corrected chi connectivity index (χ3v) is 3.31. The molecule has 1 aromatic rings. The lowest BCUT2D eigenvalue weighted by Crippen LogP contribution is -2.08. The molecule has 0 spiro atoms. The number of hydrogen-bond donors (Lipinski definition) is 2. The lowest BCUT2D eigenvalue weighted by molar-refractivity contribution is -0.383. The van der Waals surface area contributed by atoms with Crippen LogP contribution in [-0.2, 0) is 0 Å². The molecule has 0 heterocycles. The van der Waals surface area contributed by atoms with Gasteiger partial charge in [-0.25, -0.2) is 0 Å².